The summed E-state index contributed by atoms with van der Waals surface area (Å²) in [5.41, 5.74) is 0.557. The molecule has 8 heteroatoms. The Hall–Kier alpha value is -2.37. The van der Waals surface area contributed by atoms with Gasteiger partial charge in [0, 0.05) is 17.9 Å². The molecule has 3 N–H and O–H groups in total. The molecule has 0 aromatic heterocycles. The Labute approximate surface area is 177 Å². The molecule has 5 rings (SSSR count). The summed E-state index contributed by atoms with van der Waals surface area (Å²) in [6.45, 7) is 2.16. The number of benzene rings is 1. The number of carbonyl (C=O) groups is 1. The van der Waals surface area contributed by atoms with Crippen LogP contribution < -0.4 is 10.6 Å². The van der Waals surface area contributed by atoms with Gasteiger partial charge in [0.05, 0.1) is 4.90 Å². The van der Waals surface area contributed by atoms with E-state index in [1.165, 1.54) is 69.0 Å². The molecule has 4 saturated carbocycles. The van der Waals surface area contributed by atoms with Crippen LogP contribution in [-0.4, -0.2) is 24.9 Å². The predicted octanol–water partition coefficient (Wildman–Crippen LogP) is 3.47. The van der Waals surface area contributed by atoms with Crippen LogP contribution in [0.2, 0.25) is 0 Å². The topological polar surface area (TPSA) is 119 Å². The van der Waals surface area contributed by atoms with E-state index in [4.69, 9.17) is 4.55 Å². The highest BCUT2D eigenvalue weighted by Gasteiger charge is 2.53. The van der Waals surface area contributed by atoms with E-state index in [1.807, 2.05) is 6.07 Å². The molecule has 7 nitrogen and oxygen atoms in total. The summed E-state index contributed by atoms with van der Waals surface area (Å²) in [6, 6.07) is 7.23. The van der Waals surface area contributed by atoms with Crippen LogP contribution >= 0.6 is 0 Å². The summed E-state index contributed by atoms with van der Waals surface area (Å²) in [5, 5.41) is 15.4. The molecule has 1 amide bonds. The van der Waals surface area contributed by atoms with E-state index in [2.05, 4.69) is 17.6 Å². The van der Waals surface area contributed by atoms with Gasteiger partial charge in [0.2, 0.25) is 0 Å². The zero-order chi connectivity index (χ0) is 21.5. The molecule has 1 unspecified atom stereocenters. The molecule has 30 heavy (non-hydrogen) atoms. The number of rotatable bonds is 6. The molecule has 4 aliphatic rings. The molecular weight excluding hydrogens is 402 g/mol. The van der Waals surface area contributed by atoms with Crippen molar-refractivity contribution in [2.75, 3.05) is 5.32 Å². The van der Waals surface area contributed by atoms with E-state index in [0.29, 0.717) is 5.69 Å². The fraction of sp³-hybridized carbons (Fsp3) is 0.545. The van der Waals surface area contributed by atoms with E-state index in [1.54, 1.807) is 0 Å². The quantitative estimate of drug-likeness (QED) is 0.362. The minimum absolute atomic E-state index is 0.0366. The molecule has 4 aliphatic carbocycles. The molecule has 1 aromatic rings. The van der Waals surface area contributed by atoms with Gasteiger partial charge >= 0.3 is 0 Å². The Morgan fingerprint density at radius 3 is 2.17 bits per heavy atom. The summed E-state index contributed by atoms with van der Waals surface area (Å²) in [7, 11) is -4.29. The third-order valence-corrected chi connectivity index (χ3v) is 8.12. The summed E-state index contributed by atoms with van der Waals surface area (Å²) in [5.74, 6) is 1.92. The summed E-state index contributed by atoms with van der Waals surface area (Å²) in [6.07, 6.45) is 9.29. The maximum absolute atomic E-state index is 12.5. The van der Waals surface area contributed by atoms with Crippen LogP contribution in [0.1, 0.15) is 45.4 Å². The van der Waals surface area contributed by atoms with Gasteiger partial charge in [-0.25, -0.2) is 0 Å². The largest absolute Gasteiger partial charge is 0.387 e. The maximum atomic E-state index is 12.5. The van der Waals surface area contributed by atoms with Gasteiger partial charge in [0.15, 0.2) is 0 Å². The number of hydrogen-bond donors (Lipinski definition) is 3. The van der Waals surface area contributed by atoms with Gasteiger partial charge in [0.25, 0.3) is 16.0 Å². The molecule has 1 aromatic carbocycles. The lowest BCUT2D eigenvalue weighted by atomic mass is 9.48. The van der Waals surface area contributed by atoms with Gasteiger partial charge in [-0.3, -0.25) is 9.35 Å². The van der Waals surface area contributed by atoms with Gasteiger partial charge < -0.3 is 10.6 Å². The number of nitriles is 1. The monoisotopic (exact) mass is 429 g/mol. The number of nitrogens with one attached hydrogen (secondary N) is 2. The normalized spacial score (nSPS) is 31.1. The van der Waals surface area contributed by atoms with E-state index < -0.39 is 16.0 Å². The van der Waals surface area contributed by atoms with Crippen molar-refractivity contribution in [1.29, 1.82) is 5.26 Å². The lowest BCUT2D eigenvalue weighted by molar-refractivity contribution is -0.112. The highest BCUT2D eigenvalue weighted by atomic mass is 32.2. The first kappa shape index (κ1) is 20.9. The molecule has 0 aliphatic heterocycles. The molecular formula is C22H27N3O4S. The first-order valence-corrected chi connectivity index (χ1v) is 11.9. The maximum Gasteiger partial charge on any atom is 0.294 e. The van der Waals surface area contributed by atoms with Crippen molar-refractivity contribution >= 4 is 21.7 Å². The molecule has 4 fully saturated rings. The molecule has 1 atom stereocenters. The molecule has 0 heterocycles. The van der Waals surface area contributed by atoms with Crippen molar-refractivity contribution in [2.45, 2.75) is 56.4 Å². The van der Waals surface area contributed by atoms with Crippen molar-refractivity contribution in [2.24, 2.45) is 23.2 Å². The van der Waals surface area contributed by atoms with Gasteiger partial charge in [-0.1, -0.05) is 0 Å². The fourth-order valence-electron chi connectivity index (χ4n) is 6.15. The highest BCUT2D eigenvalue weighted by molar-refractivity contribution is 7.85. The Morgan fingerprint density at radius 1 is 1.17 bits per heavy atom. The molecule has 0 saturated heterocycles. The third-order valence-electron chi connectivity index (χ3n) is 7.26. The van der Waals surface area contributed by atoms with Crippen LogP contribution in [0.4, 0.5) is 5.69 Å². The second kappa shape index (κ2) is 7.71. The average Bonchev–Trinajstić information content (AvgIpc) is 2.67. The van der Waals surface area contributed by atoms with Crippen LogP contribution in [0, 0.1) is 34.5 Å². The Morgan fingerprint density at radius 2 is 1.70 bits per heavy atom. The van der Waals surface area contributed by atoms with E-state index in [-0.39, 0.29) is 21.9 Å². The molecule has 4 bridgehead atoms. The highest BCUT2D eigenvalue weighted by Crippen LogP contribution is 2.61. The Bertz CT molecular complexity index is 973. The smallest absolute Gasteiger partial charge is 0.294 e. The number of amides is 1. The lowest BCUT2D eigenvalue weighted by Gasteiger charge is -2.59. The van der Waals surface area contributed by atoms with Crippen LogP contribution in [0.15, 0.2) is 40.9 Å². The lowest BCUT2D eigenvalue weighted by Crippen LogP contribution is -2.54. The molecule has 0 radical (unpaired) electrons. The van der Waals surface area contributed by atoms with Gasteiger partial charge in [-0.05, 0) is 92.9 Å². The van der Waals surface area contributed by atoms with Gasteiger partial charge in [-0.15, -0.1) is 0 Å². The summed E-state index contributed by atoms with van der Waals surface area (Å²) in [4.78, 5) is 12.2. The number of anilines is 1. The van der Waals surface area contributed by atoms with Crippen molar-refractivity contribution in [3.8, 4) is 6.07 Å². The van der Waals surface area contributed by atoms with Crippen LogP contribution in [0.3, 0.4) is 0 Å². The van der Waals surface area contributed by atoms with Crippen LogP contribution in [-0.2, 0) is 14.9 Å². The number of carbonyl (C=O) groups excluding carboxylic acids is 1. The first-order valence-electron chi connectivity index (χ1n) is 10.4. The zero-order valence-electron chi connectivity index (χ0n) is 17.0. The minimum atomic E-state index is -4.29. The van der Waals surface area contributed by atoms with Crippen LogP contribution in [0.5, 0.6) is 0 Å². The van der Waals surface area contributed by atoms with Crippen molar-refractivity contribution in [3.05, 3.63) is 36.0 Å². The minimum Gasteiger partial charge on any atom is -0.387 e. The zero-order valence-corrected chi connectivity index (χ0v) is 17.8. The standard InChI is InChI=1S/C22H27N3O4S/c1-14(22-9-15-6-16(10-22)8-17(7-15)11-22)24-13-18(12-23)21(26)25-19-2-4-20(5-3-19)30(27,28)29/h2-5,13-17,24H,6-11H2,1H3,(H,25,26)(H,27,28,29)/b18-13-. The van der Waals surface area contributed by atoms with E-state index in [0.717, 1.165) is 17.8 Å². The summed E-state index contributed by atoms with van der Waals surface area (Å²) >= 11 is 0. The van der Waals surface area contributed by atoms with Crippen LogP contribution in [0.25, 0.3) is 0 Å². The van der Waals surface area contributed by atoms with Gasteiger partial charge in [0.1, 0.15) is 11.6 Å². The first-order chi connectivity index (χ1) is 14.2. The second-order valence-electron chi connectivity index (χ2n) is 9.29. The fourth-order valence-corrected chi connectivity index (χ4v) is 6.63. The third kappa shape index (κ3) is 4.09. The Kier molecular flexibility index (Phi) is 5.37. The predicted molar refractivity (Wildman–Crippen MR) is 112 cm³/mol. The SMILES string of the molecule is CC(N/C=C(/C#N)C(=O)Nc1ccc(S(=O)(=O)O)cc1)C12CC3CC(CC(C3)C1)C2. The Balaban J connectivity index is 1.41. The van der Waals surface area contributed by atoms with Gasteiger partial charge in [-0.2, -0.15) is 13.7 Å². The van der Waals surface area contributed by atoms with E-state index >= 15 is 0 Å². The summed E-state index contributed by atoms with van der Waals surface area (Å²) < 4.78 is 31.2. The number of nitrogens with zero attached hydrogens (tertiary/aromatic N) is 1. The number of hydrogen-bond acceptors (Lipinski definition) is 5. The second-order valence-corrected chi connectivity index (χ2v) is 10.7. The molecule has 0 spiro atoms. The van der Waals surface area contributed by atoms with Crippen molar-refractivity contribution in [3.63, 3.8) is 0 Å². The van der Waals surface area contributed by atoms with Crippen molar-refractivity contribution in [1.82, 2.24) is 5.32 Å². The molecule has 160 valence electrons. The average molecular weight is 430 g/mol. The van der Waals surface area contributed by atoms with E-state index in [9.17, 15) is 18.5 Å². The van der Waals surface area contributed by atoms with Crippen molar-refractivity contribution < 1.29 is 17.8 Å².